The van der Waals surface area contributed by atoms with Gasteiger partial charge in [-0.1, -0.05) is 64.4 Å². The van der Waals surface area contributed by atoms with Gasteiger partial charge in [0.05, 0.1) is 0 Å². The number of hydrogen-bond donors (Lipinski definition) is 2. The first kappa shape index (κ1) is 15.9. The summed E-state index contributed by atoms with van der Waals surface area (Å²) in [7, 11) is 0. The van der Waals surface area contributed by atoms with Crippen molar-refractivity contribution in [1.82, 2.24) is 0 Å². The van der Waals surface area contributed by atoms with Gasteiger partial charge < -0.3 is 11.1 Å². The lowest BCUT2D eigenvalue weighted by Gasteiger charge is -2.07. The third kappa shape index (κ3) is 8.52. The molecular weight excluding hydrogens is 232 g/mol. The monoisotopic (exact) mass is 262 g/mol. The first-order valence-corrected chi connectivity index (χ1v) is 7.92. The Morgan fingerprint density at radius 3 is 2.16 bits per heavy atom. The molecule has 19 heavy (non-hydrogen) atoms. The van der Waals surface area contributed by atoms with Gasteiger partial charge in [0.1, 0.15) is 0 Å². The summed E-state index contributed by atoms with van der Waals surface area (Å²) >= 11 is 0. The lowest BCUT2D eigenvalue weighted by Crippen LogP contribution is -2.01. The zero-order valence-electron chi connectivity index (χ0n) is 12.5. The number of hydrogen-bond acceptors (Lipinski definition) is 2. The molecule has 2 heteroatoms. The minimum Gasteiger partial charge on any atom is -0.399 e. The summed E-state index contributed by atoms with van der Waals surface area (Å²) in [4.78, 5) is 0. The van der Waals surface area contributed by atoms with Gasteiger partial charge in [0.25, 0.3) is 0 Å². The molecule has 0 heterocycles. The highest BCUT2D eigenvalue weighted by molar-refractivity contribution is 5.53. The van der Waals surface area contributed by atoms with Crippen LogP contribution in [0.2, 0.25) is 0 Å². The van der Waals surface area contributed by atoms with Crippen molar-refractivity contribution in [2.75, 3.05) is 17.6 Å². The van der Waals surface area contributed by atoms with Crippen molar-refractivity contribution < 1.29 is 0 Å². The van der Waals surface area contributed by atoms with E-state index in [2.05, 4.69) is 18.3 Å². The average Bonchev–Trinajstić information content (AvgIpc) is 2.41. The molecule has 0 saturated carbocycles. The molecule has 1 aromatic carbocycles. The molecule has 0 aliphatic rings. The summed E-state index contributed by atoms with van der Waals surface area (Å²) < 4.78 is 0. The third-order valence-electron chi connectivity index (χ3n) is 3.50. The van der Waals surface area contributed by atoms with Crippen molar-refractivity contribution in [1.29, 1.82) is 0 Å². The van der Waals surface area contributed by atoms with E-state index >= 15 is 0 Å². The van der Waals surface area contributed by atoms with Crippen molar-refractivity contribution in [2.24, 2.45) is 0 Å². The molecule has 0 unspecified atom stereocenters. The van der Waals surface area contributed by atoms with E-state index in [1.807, 2.05) is 18.2 Å². The zero-order chi connectivity index (χ0) is 13.8. The topological polar surface area (TPSA) is 38.0 Å². The van der Waals surface area contributed by atoms with Crippen molar-refractivity contribution in [3.63, 3.8) is 0 Å². The fraction of sp³-hybridized carbons (Fsp3) is 0.647. The summed E-state index contributed by atoms with van der Waals surface area (Å²) in [6, 6.07) is 7.98. The lowest BCUT2D eigenvalue weighted by molar-refractivity contribution is 0.569. The predicted molar refractivity (Wildman–Crippen MR) is 86.6 cm³/mol. The number of benzene rings is 1. The maximum atomic E-state index is 5.74. The van der Waals surface area contributed by atoms with Gasteiger partial charge in [-0.15, -0.1) is 0 Å². The summed E-state index contributed by atoms with van der Waals surface area (Å²) in [6.07, 6.45) is 12.4. The van der Waals surface area contributed by atoms with E-state index in [9.17, 15) is 0 Å². The van der Waals surface area contributed by atoms with Crippen LogP contribution in [-0.4, -0.2) is 6.54 Å². The van der Waals surface area contributed by atoms with Gasteiger partial charge in [-0.3, -0.25) is 0 Å². The summed E-state index contributed by atoms with van der Waals surface area (Å²) in [6.45, 7) is 3.33. The van der Waals surface area contributed by atoms with Crippen LogP contribution in [0, 0.1) is 0 Å². The molecule has 1 rings (SSSR count). The van der Waals surface area contributed by atoms with Crippen LogP contribution in [0.5, 0.6) is 0 Å². The van der Waals surface area contributed by atoms with Crippen molar-refractivity contribution >= 4 is 11.4 Å². The highest BCUT2D eigenvalue weighted by Crippen LogP contribution is 2.13. The van der Waals surface area contributed by atoms with Gasteiger partial charge >= 0.3 is 0 Å². The fourth-order valence-corrected chi connectivity index (χ4v) is 2.32. The standard InChI is InChI=1S/C17H30N2/c1-2-3-4-5-6-7-8-9-10-14-19-17-13-11-12-16(18)15-17/h11-13,15,19H,2-10,14,18H2,1H3. The van der Waals surface area contributed by atoms with Gasteiger partial charge in [-0.2, -0.15) is 0 Å². The molecule has 3 N–H and O–H groups in total. The summed E-state index contributed by atoms with van der Waals surface area (Å²) in [5.41, 5.74) is 7.71. The Labute approximate surface area is 118 Å². The molecule has 0 bridgehead atoms. The van der Waals surface area contributed by atoms with E-state index in [1.165, 1.54) is 57.8 Å². The Morgan fingerprint density at radius 2 is 1.53 bits per heavy atom. The molecule has 108 valence electrons. The second-order valence-electron chi connectivity index (χ2n) is 5.38. The molecule has 0 atom stereocenters. The molecule has 0 aliphatic heterocycles. The highest BCUT2D eigenvalue weighted by atomic mass is 14.9. The first-order chi connectivity index (χ1) is 9.33. The SMILES string of the molecule is CCCCCCCCCCCNc1cccc(N)c1. The molecule has 0 aliphatic carbocycles. The van der Waals surface area contributed by atoms with Gasteiger partial charge in [0.2, 0.25) is 0 Å². The maximum Gasteiger partial charge on any atom is 0.0360 e. The quantitative estimate of drug-likeness (QED) is 0.424. The van der Waals surface area contributed by atoms with Crippen molar-refractivity contribution in [2.45, 2.75) is 64.7 Å². The predicted octanol–water partition coefficient (Wildman–Crippen LogP) is 5.21. The average molecular weight is 262 g/mol. The van der Waals surface area contributed by atoms with E-state index in [0.717, 1.165) is 17.9 Å². The van der Waals surface area contributed by atoms with Gasteiger partial charge in [-0.05, 0) is 24.6 Å². The molecular formula is C17H30N2. The highest BCUT2D eigenvalue weighted by Gasteiger charge is 1.94. The molecule has 0 fully saturated rings. The van der Waals surface area contributed by atoms with Crippen LogP contribution >= 0.6 is 0 Å². The van der Waals surface area contributed by atoms with Crippen LogP contribution in [0.3, 0.4) is 0 Å². The van der Waals surface area contributed by atoms with Gasteiger partial charge in [-0.25, -0.2) is 0 Å². The number of rotatable bonds is 11. The van der Waals surface area contributed by atoms with Gasteiger partial charge in [0, 0.05) is 17.9 Å². The molecule has 0 amide bonds. The lowest BCUT2D eigenvalue weighted by atomic mass is 10.1. The number of unbranched alkanes of at least 4 members (excludes halogenated alkanes) is 8. The smallest absolute Gasteiger partial charge is 0.0360 e. The second-order valence-corrected chi connectivity index (χ2v) is 5.38. The Balaban J connectivity index is 1.89. The van der Waals surface area contributed by atoms with E-state index in [-0.39, 0.29) is 0 Å². The van der Waals surface area contributed by atoms with E-state index < -0.39 is 0 Å². The minimum atomic E-state index is 0.831. The van der Waals surface area contributed by atoms with Crippen LogP contribution in [0.1, 0.15) is 64.7 Å². The Bertz CT molecular complexity index is 323. The van der Waals surface area contributed by atoms with E-state index in [4.69, 9.17) is 5.73 Å². The number of anilines is 2. The van der Waals surface area contributed by atoms with Crippen LogP contribution in [0.25, 0.3) is 0 Å². The van der Waals surface area contributed by atoms with Crippen molar-refractivity contribution in [3.8, 4) is 0 Å². The number of nitrogen functional groups attached to an aromatic ring is 1. The largest absolute Gasteiger partial charge is 0.399 e. The summed E-state index contributed by atoms with van der Waals surface area (Å²) in [5.74, 6) is 0. The number of nitrogens with one attached hydrogen (secondary N) is 1. The van der Waals surface area contributed by atoms with E-state index in [1.54, 1.807) is 0 Å². The van der Waals surface area contributed by atoms with Crippen LogP contribution in [0.15, 0.2) is 24.3 Å². The molecule has 2 nitrogen and oxygen atoms in total. The Kier molecular flexibility index (Phi) is 8.95. The molecule has 0 spiro atoms. The van der Waals surface area contributed by atoms with Crippen LogP contribution in [-0.2, 0) is 0 Å². The number of nitrogens with two attached hydrogens (primary N) is 1. The zero-order valence-corrected chi connectivity index (χ0v) is 12.5. The first-order valence-electron chi connectivity index (χ1n) is 7.92. The van der Waals surface area contributed by atoms with Crippen LogP contribution < -0.4 is 11.1 Å². The Morgan fingerprint density at radius 1 is 0.895 bits per heavy atom. The second kappa shape index (κ2) is 10.7. The molecule has 0 aromatic heterocycles. The minimum absolute atomic E-state index is 0.831. The molecule has 1 aromatic rings. The fourth-order valence-electron chi connectivity index (χ4n) is 2.32. The Hall–Kier alpha value is -1.18. The molecule has 0 saturated heterocycles. The van der Waals surface area contributed by atoms with E-state index in [0.29, 0.717) is 0 Å². The molecule has 0 radical (unpaired) electrons. The summed E-state index contributed by atoms with van der Waals surface area (Å²) in [5, 5.41) is 3.42. The third-order valence-corrected chi connectivity index (χ3v) is 3.50. The normalized spacial score (nSPS) is 10.6. The van der Waals surface area contributed by atoms with Crippen LogP contribution in [0.4, 0.5) is 11.4 Å². The maximum absolute atomic E-state index is 5.74. The van der Waals surface area contributed by atoms with Crippen molar-refractivity contribution in [3.05, 3.63) is 24.3 Å². The van der Waals surface area contributed by atoms with Gasteiger partial charge in [0.15, 0.2) is 0 Å².